The van der Waals surface area contributed by atoms with E-state index in [1.807, 2.05) is 41.3 Å². The van der Waals surface area contributed by atoms with E-state index in [4.69, 9.17) is 0 Å². The Morgan fingerprint density at radius 1 is 1.03 bits per heavy atom. The summed E-state index contributed by atoms with van der Waals surface area (Å²) >= 11 is 0. The summed E-state index contributed by atoms with van der Waals surface area (Å²) in [5, 5.41) is 14.4. The van der Waals surface area contributed by atoms with Gasteiger partial charge in [-0.3, -0.25) is 14.9 Å². The van der Waals surface area contributed by atoms with Crippen molar-refractivity contribution >= 4 is 23.0 Å². The molecule has 180 valence electrons. The van der Waals surface area contributed by atoms with Crippen molar-refractivity contribution in [2.45, 2.75) is 18.9 Å². The quantitative estimate of drug-likeness (QED) is 0.432. The predicted molar refractivity (Wildman–Crippen MR) is 133 cm³/mol. The van der Waals surface area contributed by atoms with Crippen LogP contribution in [-0.4, -0.2) is 43.1 Å². The van der Waals surface area contributed by atoms with E-state index in [0.717, 1.165) is 23.2 Å². The molecule has 0 bridgehead atoms. The number of para-hydroxylation sites is 1. The van der Waals surface area contributed by atoms with E-state index in [-0.39, 0.29) is 23.5 Å². The minimum absolute atomic E-state index is 0.0235. The number of nitrogens with zero attached hydrogens (tertiary/aromatic N) is 3. The van der Waals surface area contributed by atoms with Crippen LogP contribution in [0.25, 0.3) is 0 Å². The lowest BCUT2D eigenvalue weighted by Gasteiger charge is -2.49. The fourth-order valence-electron chi connectivity index (χ4n) is 5.26. The molecule has 0 aliphatic carbocycles. The van der Waals surface area contributed by atoms with Crippen LogP contribution in [0.15, 0.2) is 72.8 Å². The SMILES string of the molecule is O=C(NCCc1ccccc1)[C@@H]1Cc2cc([N+](=O)[O-])ccc2N2CCN(c3ccccc3F)C[C@H]12. The highest BCUT2D eigenvalue weighted by atomic mass is 19.1. The lowest BCUT2D eigenvalue weighted by Crippen LogP contribution is -2.61. The number of benzene rings is 3. The number of piperazine rings is 1. The van der Waals surface area contributed by atoms with Gasteiger partial charge in [0.25, 0.3) is 5.69 Å². The lowest BCUT2D eigenvalue weighted by molar-refractivity contribution is -0.384. The number of nitro groups is 1. The second kappa shape index (κ2) is 9.74. The van der Waals surface area contributed by atoms with Gasteiger partial charge in [-0.2, -0.15) is 0 Å². The number of carbonyl (C=O) groups excluding carboxylic acids is 1. The van der Waals surface area contributed by atoms with Crippen molar-refractivity contribution < 1.29 is 14.1 Å². The third kappa shape index (κ3) is 4.69. The molecule has 3 aromatic rings. The lowest BCUT2D eigenvalue weighted by atomic mass is 9.83. The van der Waals surface area contributed by atoms with Gasteiger partial charge < -0.3 is 15.1 Å². The van der Waals surface area contributed by atoms with Crippen LogP contribution in [0.5, 0.6) is 0 Å². The highest BCUT2D eigenvalue weighted by Gasteiger charge is 2.42. The fraction of sp³-hybridized carbons (Fsp3) is 0.296. The first-order chi connectivity index (χ1) is 17.0. The van der Waals surface area contributed by atoms with Gasteiger partial charge in [0.2, 0.25) is 5.91 Å². The number of halogens is 1. The molecule has 7 nitrogen and oxygen atoms in total. The van der Waals surface area contributed by atoms with Crippen molar-refractivity contribution in [3.8, 4) is 0 Å². The maximum Gasteiger partial charge on any atom is 0.269 e. The number of rotatable bonds is 6. The monoisotopic (exact) mass is 474 g/mol. The van der Waals surface area contributed by atoms with Crippen LogP contribution in [0.4, 0.5) is 21.5 Å². The number of hydrogen-bond acceptors (Lipinski definition) is 5. The van der Waals surface area contributed by atoms with Crippen LogP contribution < -0.4 is 15.1 Å². The number of carbonyl (C=O) groups is 1. The average Bonchev–Trinajstić information content (AvgIpc) is 2.88. The summed E-state index contributed by atoms with van der Waals surface area (Å²) in [7, 11) is 0. The Balaban J connectivity index is 1.40. The Kier molecular flexibility index (Phi) is 6.35. The van der Waals surface area contributed by atoms with Crippen LogP contribution in [0.1, 0.15) is 11.1 Å². The van der Waals surface area contributed by atoms with Crippen LogP contribution in [-0.2, 0) is 17.6 Å². The molecule has 1 amide bonds. The van der Waals surface area contributed by atoms with E-state index in [1.165, 1.54) is 12.1 Å². The maximum atomic E-state index is 14.5. The van der Waals surface area contributed by atoms with Crippen molar-refractivity contribution in [2.24, 2.45) is 5.92 Å². The molecule has 1 saturated heterocycles. The Bertz CT molecular complexity index is 1240. The summed E-state index contributed by atoms with van der Waals surface area (Å²) in [5.41, 5.74) is 3.42. The van der Waals surface area contributed by atoms with E-state index in [2.05, 4.69) is 10.2 Å². The number of hydrogen-bond donors (Lipinski definition) is 1. The summed E-state index contributed by atoms with van der Waals surface area (Å²) in [6, 6.07) is 21.4. The summed E-state index contributed by atoms with van der Waals surface area (Å²) in [4.78, 5) is 28.5. The van der Waals surface area contributed by atoms with Crippen molar-refractivity contribution in [1.82, 2.24) is 5.32 Å². The molecule has 0 radical (unpaired) electrons. The van der Waals surface area contributed by atoms with Crippen molar-refractivity contribution in [3.05, 3.63) is 99.9 Å². The number of nitrogens with one attached hydrogen (secondary N) is 1. The highest BCUT2D eigenvalue weighted by molar-refractivity contribution is 5.82. The first kappa shape index (κ1) is 22.8. The van der Waals surface area contributed by atoms with Crippen LogP contribution in [0, 0.1) is 21.8 Å². The summed E-state index contributed by atoms with van der Waals surface area (Å²) in [6.45, 7) is 2.19. The largest absolute Gasteiger partial charge is 0.365 e. The molecule has 5 rings (SSSR count). The van der Waals surface area contributed by atoms with Gasteiger partial charge in [-0.15, -0.1) is 0 Å². The van der Waals surface area contributed by atoms with Crippen molar-refractivity contribution in [1.29, 1.82) is 0 Å². The standard InChI is InChI=1S/C27H27FN4O3/c28-23-8-4-5-9-25(23)30-14-15-31-24-11-10-21(32(34)35)16-20(24)17-22(26(31)18-30)27(33)29-13-12-19-6-2-1-3-7-19/h1-11,16,22,26H,12-15,17-18H2,(H,29,33)/t22-,26-/m1/s1. The van der Waals surface area contributed by atoms with Crippen LogP contribution in [0.2, 0.25) is 0 Å². The minimum atomic E-state index is -0.408. The second-order valence-electron chi connectivity index (χ2n) is 9.07. The van der Waals surface area contributed by atoms with Gasteiger partial charge in [-0.05, 0) is 42.2 Å². The molecule has 0 aromatic heterocycles. The van der Waals surface area contributed by atoms with Gasteiger partial charge in [0.15, 0.2) is 0 Å². The molecule has 2 heterocycles. The molecule has 0 saturated carbocycles. The van der Waals surface area contributed by atoms with E-state index in [9.17, 15) is 19.3 Å². The third-order valence-corrected chi connectivity index (χ3v) is 6.99. The Labute approximate surface area is 203 Å². The molecular weight excluding hydrogens is 447 g/mol. The number of fused-ring (bicyclic) bond motifs is 3. The van der Waals surface area contributed by atoms with E-state index in [1.54, 1.807) is 24.3 Å². The highest BCUT2D eigenvalue weighted by Crippen LogP contribution is 2.38. The summed E-state index contributed by atoms with van der Waals surface area (Å²) < 4.78 is 14.5. The number of anilines is 2. The fourth-order valence-corrected chi connectivity index (χ4v) is 5.26. The molecule has 1 fully saturated rings. The molecule has 3 aromatic carbocycles. The first-order valence-electron chi connectivity index (χ1n) is 11.9. The molecule has 8 heteroatoms. The summed E-state index contributed by atoms with van der Waals surface area (Å²) in [5.74, 6) is -0.769. The first-order valence-corrected chi connectivity index (χ1v) is 11.9. The van der Waals surface area contributed by atoms with Gasteiger partial charge >= 0.3 is 0 Å². The van der Waals surface area contributed by atoms with Gasteiger partial charge in [0, 0.05) is 44.0 Å². The number of amides is 1. The topological polar surface area (TPSA) is 78.7 Å². The summed E-state index contributed by atoms with van der Waals surface area (Å²) in [6.07, 6.45) is 1.12. The molecule has 1 N–H and O–H groups in total. The zero-order valence-corrected chi connectivity index (χ0v) is 19.3. The van der Waals surface area contributed by atoms with Gasteiger partial charge in [0.05, 0.1) is 22.6 Å². The predicted octanol–water partition coefficient (Wildman–Crippen LogP) is 3.96. The second-order valence-corrected chi connectivity index (χ2v) is 9.07. The van der Waals surface area contributed by atoms with Gasteiger partial charge in [-0.25, -0.2) is 4.39 Å². The van der Waals surface area contributed by atoms with Crippen LogP contribution >= 0.6 is 0 Å². The molecule has 35 heavy (non-hydrogen) atoms. The molecule has 2 aliphatic heterocycles. The van der Waals surface area contributed by atoms with Gasteiger partial charge in [0.1, 0.15) is 5.82 Å². The van der Waals surface area contributed by atoms with Crippen molar-refractivity contribution in [2.75, 3.05) is 36.0 Å². The van der Waals surface area contributed by atoms with E-state index in [0.29, 0.717) is 38.3 Å². The van der Waals surface area contributed by atoms with E-state index < -0.39 is 10.8 Å². The Hall–Kier alpha value is -3.94. The third-order valence-electron chi connectivity index (χ3n) is 6.99. The molecule has 0 unspecified atom stereocenters. The molecule has 2 aliphatic rings. The molecular formula is C27H27FN4O3. The zero-order valence-electron chi connectivity index (χ0n) is 19.3. The van der Waals surface area contributed by atoms with Gasteiger partial charge in [-0.1, -0.05) is 42.5 Å². The van der Waals surface area contributed by atoms with E-state index >= 15 is 0 Å². The normalized spacial score (nSPS) is 19.0. The maximum absolute atomic E-state index is 14.5. The number of non-ortho nitro benzene ring substituents is 1. The van der Waals surface area contributed by atoms with Crippen molar-refractivity contribution in [3.63, 3.8) is 0 Å². The average molecular weight is 475 g/mol. The molecule has 2 atom stereocenters. The number of nitro benzene ring substituents is 1. The Morgan fingerprint density at radius 2 is 1.80 bits per heavy atom. The Morgan fingerprint density at radius 3 is 2.57 bits per heavy atom. The minimum Gasteiger partial charge on any atom is -0.365 e. The van der Waals surface area contributed by atoms with Crippen LogP contribution in [0.3, 0.4) is 0 Å². The zero-order chi connectivity index (χ0) is 24.4. The smallest absolute Gasteiger partial charge is 0.269 e. The molecule has 0 spiro atoms.